The van der Waals surface area contributed by atoms with Crippen LogP contribution in [-0.2, 0) is 4.79 Å². The number of carbonyl (C=O) groups is 1. The molecule has 6 heteroatoms. The van der Waals surface area contributed by atoms with Crippen LogP contribution >= 0.6 is 11.3 Å². The second-order valence-electron chi connectivity index (χ2n) is 6.52. The maximum atomic E-state index is 13.0. The summed E-state index contributed by atoms with van der Waals surface area (Å²) in [5, 5.41) is 0. The van der Waals surface area contributed by atoms with E-state index in [0.717, 1.165) is 31.5 Å². The molecular formula is C18H22N4OS. The van der Waals surface area contributed by atoms with E-state index in [1.54, 1.807) is 17.5 Å². The van der Waals surface area contributed by atoms with Gasteiger partial charge in [-0.2, -0.15) is 0 Å². The van der Waals surface area contributed by atoms with Gasteiger partial charge < -0.3 is 4.90 Å². The summed E-state index contributed by atoms with van der Waals surface area (Å²) in [6, 6.07) is 10.4. The third-order valence-electron chi connectivity index (χ3n) is 4.87. The summed E-state index contributed by atoms with van der Waals surface area (Å²) in [6.45, 7) is 2.93. The van der Waals surface area contributed by atoms with Crippen molar-refractivity contribution < 1.29 is 4.79 Å². The van der Waals surface area contributed by atoms with E-state index in [1.807, 2.05) is 23.1 Å². The van der Waals surface area contributed by atoms with E-state index in [-0.39, 0.29) is 24.0 Å². The summed E-state index contributed by atoms with van der Waals surface area (Å²) >= 11 is 1.79. The number of likely N-dealkylation sites (tertiary alicyclic amines) is 1. The molecule has 126 valence electrons. The summed E-state index contributed by atoms with van der Waals surface area (Å²) in [5.41, 5.74) is 7.50. The second kappa shape index (κ2) is 6.63. The Bertz CT molecular complexity index is 717. The van der Waals surface area contributed by atoms with Crippen LogP contribution < -0.4 is 10.9 Å². The minimum absolute atomic E-state index is 0.114. The van der Waals surface area contributed by atoms with Crippen molar-refractivity contribution in [3.63, 3.8) is 0 Å². The number of aromatic nitrogens is 1. The van der Waals surface area contributed by atoms with E-state index < -0.39 is 0 Å². The Balaban J connectivity index is 1.46. The maximum Gasteiger partial charge on any atom is 0.241 e. The molecule has 0 aromatic carbocycles. The average molecular weight is 342 g/mol. The number of nitrogens with one attached hydrogen (secondary N) is 2. The van der Waals surface area contributed by atoms with Gasteiger partial charge in [0, 0.05) is 22.5 Å². The van der Waals surface area contributed by atoms with Crippen LogP contribution in [0.2, 0.25) is 0 Å². The van der Waals surface area contributed by atoms with Crippen molar-refractivity contribution in [1.82, 2.24) is 20.7 Å². The molecule has 24 heavy (non-hydrogen) atoms. The average Bonchev–Trinajstić information content (AvgIpc) is 3.35. The minimum Gasteiger partial charge on any atom is -0.333 e. The monoisotopic (exact) mass is 342 g/mol. The zero-order valence-electron chi connectivity index (χ0n) is 13.7. The van der Waals surface area contributed by atoms with Gasteiger partial charge in [-0.25, -0.2) is 10.9 Å². The van der Waals surface area contributed by atoms with Crippen molar-refractivity contribution in [2.24, 2.45) is 0 Å². The van der Waals surface area contributed by atoms with Gasteiger partial charge >= 0.3 is 0 Å². The third-order valence-corrected chi connectivity index (χ3v) is 5.99. The van der Waals surface area contributed by atoms with Crippen LogP contribution in [0.5, 0.6) is 0 Å². The highest BCUT2D eigenvalue weighted by Crippen LogP contribution is 2.34. The lowest BCUT2D eigenvalue weighted by Crippen LogP contribution is -2.45. The lowest BCUT2D eigenvalue weighted by Gasteiger charge is -2.26. The van der Waals surface area contributed by atoms with Gasteiger partial charge in [0.25, 0.3) is 0 Å². The van der Waals surface area contributed by atoms with E-state index in [2.05, 4.69) is 34.9 Å². The van der Waals surface area contributed by atoms with E-state index in [0.29, 0.717) is 0 Å². The van der Waals surface area contributed by atoms with Gasteiger partial charge in [0.05, 0.1) is 17.8 Å². The molecule has 0 saturated carbocycles. The molecule has 0 radical (unpaired) electrons. The topological polar surface area (TPSA) is 57.3 Å². The summed E-state index contributed by atoms with van der Waals surface area (Å²) in [4.78, 5) is 22.1. The SMILES string of the molecule is Cc1ccc(C2CC(C(=O)N3CCCC3c3ccccn3)NN2)s1. The van der Waals surface area contributed by atoms with Crippen molar-refractivity contribution in [3.05, 3.63) is 52.0 Å². The first kappa shape index (κ1) is 15.7. The van der Waals surface area contributed by atoms with E-state index >= 15 is 0 Å². The molecule has 2 N–H and O–H groups in total. The van der Waals surface area contributed by atoms with E-state index in [4.69, 9.17) is 0 Å². The fourth-order valence-corrected chi connectivity index (χ4v) is 4.60. The molecule has 2 aromatic heterocycles. The van der Waals surface area contributed by atoms with Crippen molar-refractivity contribution in [2.45, 2.75) is 44.3 Å². The van der Waals surface area contributed by atoms with Crippen molar-refractivity contribution in [1.29, 1.82) is 0 Å². The number of pyridine rings is 1. The molecular weight excluding hydrogens is 320 g/mol. The molecule has 2 aliphatic rings. The first-order valence-electron chi connectivity index (χ1n) is 8.51. The molecule has 0 bridgehead atoms. The van der Waals surface area contributed by atoms with Crippen LogP contribution in [0, 0.1) is 6.92 Å². The molecule has 5 nitrogen and oxygen atoms in total. The van der Waals surface area contributed by atoms with Gasteiger partial charge in [-0.1, -0.05) is 6.07 Å². The molecule has 2 fully saturated rings. The molecule has 2 aliphatic heterocycles. The highest BCUT2D eigenvalue weighted by Gasteiger charge is 2.38. The lowest BCUT2D eigenvalue weighted by atomic mass is 10.1. The van der Waals surface area contributed by atoms with Gasteiger partial charge in [-0.05, 0) is 50.5 Å². The van der Waals surface area contributed by atoms with Crippen molar-refractivity contribution >= 4 is 17.2 Å². The fourth-order valence-electron chi connectivity index (χ4n) is 3.66. The number of hydrogen-bond donors (Lipinski definition) is 2. The number of amides is 1. The lowest BCUT2D eigenvalue weighted by molar-refractivity contribution is -0.134. The van der Waals surface area contributed by atoms with E-state index in [9.17, 15) is 4.79 Å². The van der Waals surface area contributed by atoms with Crippen molar-refractivity contribution in [2.75, 3.05) is 6.54 Å². The number of aryl methyl sites for hydroxylation is 1. The van der Waals surface area contributed by atoms with Crippen LogP contribution in [0.25, 0.3) is 0 Å². The van der Waals surface area contributed by atoms with Gasteiger partial charge in [-0.15, -0.1) is 11.3 Å². The van der Waals surface area contributed by atoms with Gasteiger partial charge in [-0.3, -0.25) is 9.78 Å². The number of hydrazine groups is 1. The first-order valence-corrected chi connectivity index (χ1v) is 9.33. The Morgan fingerprint density at radius 3 is 2.96 bits per heavy atom. The molecule has 1 amide bonds. The second-order valence-corrected chi connectivity index (χ2v) is 7.84. The molecule has 0 aliphatic carbocycles. The quantitative estimate of drug-likeness (QED) is 0.900. The number of rotatable bonds is 3. The highest BCUT2D eigenvalue weighted by molar-refractivity contribution is 7.12. The normalized spacial score (nSPS) is 26.9. The van der Waals surface area contributed by atoms with Crippen molar-refractivity contribution in [3.8, 4) is 0 Å². The molecule has 3 unspecified atom stereocenters. The zero-order chi connectivity index (χ0) is 16.5. The fraction of sp³-hybridized carbons (Fsp3) is 0.444. The highest BCUT2D eigenvalue weighted by atomic mass is 32.1. The van der Waals surface area contributed by atoms with Gasteiger partial charge in [0.1, 0.15) is 6.04 Å². The van der Waals surface area contributed by atoms with Crippen LogP contribution in [0.1, 0.15) is 46.8 Å². The summed E-state index contributed by atoms with van der Waals surface area (Å²) in [7, 11) is 0. The predicted molar refractivity (Wildman–Crippen MR) is 94.4 cm³/mol. The number of carbonyl (C=O) groups excluding carboxylic acids is 1. The van der Waals surface area contributed by atoms with E-state index in [1.165, 1.54) is 9.75 Å². The van der Waals surface area contributed by atoms with Crippen LogP contribution in [0.3, 0.4) is 0 Å². The van der Waals surface area contributed by atoms with Crippen LogP contribution in [0.15, 0.2) is 36.5 Å². The van der Waals surface area contributed by atoms with Gasteiger partial charge in [0.2, 0.25) is 5.91 Å². The standard InChI is InChI=1S/C18H22N4OS/c1-12-7-8-17(24-12)14-11-15(21-20-14)18(23)22-10-4-6-16(22)13-5-2-3-9-19-13/h2-3,5,7-9,14-16,20-21H,4,6,10-11H2,1H3. The Morgan fingerprint density at radius 2 is 2.21 bits per heavy atom. The van der Waals surface area contributed by atoms with Crippen LogP contribution in [-0.4, -0.2) is 28.4 Å². The summed E-state index contributed by atoms with van der Waals surface area (Å²) in [6.07, 6.45) is 4.64. The third kappa shape index (κ3) is 2.97. The Kier molecular flexibility index (Phi) is 4.35. The molecule has 4 rings (SSSR count). The molecule has 2 aromatic rings. The largest absolute Gasteiger partial charge is 0.333 e. The molecule has 4 heterocycles. The molecule has 3 atom stereocenters. The number of thiophene rings is 1. The maximum absolute atomic E-state index is 13.0. The van der Waals surface area contributed by atoms with Gasteiger partial charge in [0.15, 0.2) is 0 Å². The smallest absolute Gasteiger partial charge is 0.241 e. The summed E-state index contributed by atoms with van der Waals surface area (Å²) < 4.78 is 0. The molecule has 2 saturated heterocycles. The number of nitrogens with zero attached hydrogens (tertiary/aromatic N) is 2. The first-order chi connectivity index (χ1) is 11.7. The number of hydrogen-bond acceptors (Lipinski definition) is 5. The summed E-state index contributed by atoms with van der Waals surface area (Å²) in [5.74, 6) is 0.187. The zero-order valence-corrected chi connectivity index (χ0v) is 14.6. The Morgan fingerprint density at radius 1 is 1.29 bits per heavy atom. The molecule has 0 spiro atoms. The predicted octanol–water partition coefficient (Wildman–Crippen LogP) is 2.72. The minimum atomic E-state index is -0.165. The van der Waals surface area contributed by atoms with Crippen LogP contribution in [0.4, 0.5) is 0 Å². The Labute approximate surface area is 146 Å². The Hall–Kier alpha value is -1.76.